The van der Waals surface area contributed by atoms with Crippen LogP contribution in [0.4, 0.5) is 21.5 Å². The summed E-state index contributed by atoms with van der Waals surface area (Å²) in [4.78, 5) is 23.4. The number of halogens is 1. The summed E-state index contributed by atoms with van der Waals surface area (Å²) in [6.45, 7) is 3.70. The van der Waals surface area contributed by atoms with Crippen molar-refractivity contribution < 1.29 is 9.18 Å². The maximum atomic E-state index is 14.3. The maximum absolute atomic E-state index is 14.3. The maximum Gasteiger partial charge on any atom is 0.257 e. The molecule has 1 fully saturated rings. The number of fused-ring (bicyclic) bond motifs is 1. The number of aliphatic imine (C=N–C) groups is 1. The number of carbonyl (C=O) groups is 1. The molecule has 0 saturated carbocycles. The zero-order chi connectivity index (χ0) is 20.5. The van der Waals surface area contributed by atoms with E-state index < -0.39 is 11.7 Å². The minimum absolute atomic E-state index is 0.219. The lowest BCUT2D eigenvalue weighted by molar-refractivity contribution is 0.102. The Morgan fingerprint density at radius 3 is 2.79 bits per heavy atom. The average Bonchev–Trinajstić information content (AvgIpc) is 3.33. The van der Waals surface area contributed by atoms with Crippen molar-refractivity contribution >= 4 is 34.8 Å². The SMILES string of the molecule is CN=Cc1c(N2CCCC2)ccc(C(=O)Nc2cc(F)c3nc(C)cn3c2)c1N. The fourth-order valence-corrected chi connectivity index (χ4v) is 3.77. The first-order valence-electron chi connectivity index (χ1n) is 9.53. The molecule has 0 radical (unpaired) electrons. The van der Waals surface area contributed by atoms with Crippen molar-refractivity contribution in [2.45, 2.75) is 19.8 Å². The predicted octanol–water partition coefficient (Wildman–Crippen LogP) is 3.27. The first-order chi connectivity index (χ1) is 14.0. The van der Waals surface area contributed by atoms with Gasteiger partial charge in [-0.3, -0.25) is 9.79 Å². The van der Waals surface area contributed by atoms with E-state index >= 15 is 0 Å². The monoisotopic (exact) mass is 394 g/mol. The first kappa shape index (κ1) is 18.9. The van der Waals surface area contributed by atoms with Crippen molar-refractivity contribution in [3.05, 3.63) is 53.2 Å². The molecule has 4 rings (SSSR count). The molecule has 29 heavy (non-hydrogen) atoms. The van der Waals surface area contributed by atoms with Gasteiger partial charge in [0.15, 0.2) is 11.5 Å². The van der Waals surface area contributed by atoms with Gasteiger partial charge in [0.1, 0.15) is 0 Å². The Hall–Kier alpha value is -3.42. The molecule has 0 atom stereocenters. The van der Waals surface area contributed by atoms with Crippen LogP contribution in [0.25, 0.3) is 5.65 Å². The van der Waals surface area contributed by atoms with Crippen LogP contribution in [0.2, 0.25) is 0 Å². The molecule has 3 N–H and O–H groups in total. The molecule has 1 aliphatic rings. The Balaban J connectivity index is 1.67. The van der Waals surface area contributed by atoms with Crippen LogP contribution < -0.4 is 16.0 Å². The summed E-state index contributed by atoms with van der Waals surface area (Å²) in [6, 6.07) is 4.86. The minimum Gasteiger partial charge on any atom is -0.397 e. The zero-order valence-corrected chi connectivity index (χ0v) is 16.4. The second kappa shape index (κ2) is 7.54. The highest BCUT2D eigenvalue weighted by molar-refractivity contribution is 6.11. The van der Waals surface area contributed by atoms with Gasteiger partial charge in [-0.2, -0.15) is 0 Å². The van der Waals surface area contributed by atoms with Crippen LogP contribution in [0.3, 0.4) is 0 Å². The van der Waals surface area contributed by atoms with E-state index in [0.717, 1.165) is 37.2 Å². The summed E-state index contributed by atoms with van der Waals surface area (Å²) in [5.74, 6) is -0.913. The van der Waals surface area contributed by atoms with Gasteiger partial charge in [0.05, 0.1) is 22.6 Å². The predicted molar refractivity (Wildman–Crippen MR) is 114 cm³/mol. The quantitative estimate of drug-likeness (QED) is 0.525. The number of pyridine rings is 1. The van der Waals surface area contributed by atoms with Gasteiger partial charge in [-0.1, -0.05) is 0 Å². The van der Waals surface area contributed by atoms with Crippen LogP contribution in [-0.2, 0) is 0 Å². The summed E-state index contributed by atoms with van der Waals surface area (Å²) >= 11 is 0. The fourth-order valence-electron chi connectivity index (χ4n) is 3.77. The second-order valence-electron chi connectivity index (χ2n) is 7.19. The summed E-state index contributed by atoms with van der Waals surface area (Å²) in [6.07, 6.45) is 7.27. The second-order valence-corrected chi connectivity index (χ2v) is 7.19. The number of nitrogen functional groups attached to an aromatic ring is 1. The van der Waals surface area contributed by atoms with E-state index in [4.69, 9.17) is 5.73 Å². The fraction of sp³-hybridized carbons (Fsp3) is 0.286. The van der Waals surface area contributed by atoms with Gasteiger partial charge >= 0.3 is 0 Å². The van der Waals surface area contributed by atoms with E-state index in [0.29, 0.717) is 22.6 Å². The molecule has 1 aromatic carbocycles. The van der Waals surface area contributed by atoms with E-state index in [1.54, 1.807) is 43.0 Å². The Bertz CT molecular complexity index is 1110. The number of nitrogens with zero attached hydrogens (tertiary/aromatic N) is 4. The number of aryl methyl sites for hydroxylation is 1. The highest BCUT2D eigenvalue weighted by atomic mass is 19.1. The smallest absolute Gasteiger partial charge is 0.257 e. The number of anilines is 3. The van der Waals surface area contributed by atoms with Crippen molar-refractivity contribution in [1.82, 2.24) is 9.38 Å². The van der Waals surface area contributed by atoms with E-state index in [-0.39, 0.29) is 5.65 Å². The summed E-state index contributed by atoms with van der Waals surface area (Å²) in [5, 5.41) is 2.73. The number of hydrogen-bond acceptors (Lipinski definition) is 5. The minimum atomic E-state index is -0.507. The molecule has 3 aromatic rings. The number of aromatic nitrogens is 2. The molecule has 1 amide bonds. The Morgan fingerprint density at radius 2 is 2.07 bits per heavy atom. The third kappa shape index (κ3) is 3.53. The number of nitrogens with two attached hydrogens (primary N) is 1. The van der Waals surface area contributed by atoms with Crippen LogP contribution in [0.1, 0.15) is 34.5 Å². The first-order valence-corrected chi connectivity index (χ1v) is 9.53. The molecule has 0 spiro atoms. The highest BCUT2D eigenvalue weighted by Gasteiger charge is 2.21. The standard InChI is InChI=1S/C21H23FN6O/c1-13-11-28-12-14(9-17(22)20(28)25-13)26-21(29)15-5-6-18(27-7-3-4-8-27)16(10-24-2)19(15)23/h5-6,9-12H,3-4,7-8,23H2,1-2H3,(H,26,29). The van der Waals surface area contributed by atoms with Gasteiger partial charge < -0.3 is 20.4 Å². The van der Waals surface area contributed by atoms with Crippen LogP contribution >= 0.6 is 0 Å². The lowest BCUT2D eigenvalue weighted by Gasteiger charge is -2.22. The lowest BCUT2D eigenvalue weighted by Crippen LogP contribution is -2.22. The van der Waals surface area contributed by atoms with Gasteiger partial charge in [0, 0.05) is 56.1 Å². The van der Waals surface area contributed by atoms with Gasteiger partial charge in [0.2, 0.25) is 0 Å². The van der Waals surface area contributed by atoms with Gasteiger partial charge in [-0.05, 0) is 31.9 Å². The molecule has 7 nitrogen and oxygen atoms in total. The van der Waals surface area contributed by atoms with Gasteiger partial charge in [0.25, 0.3) is 5.91 Å². The molecule has 8 heteroatoms. The number of amides is 1. The van der Waals surface area contributed by atoms with Crippen LogP contribution in [-0.4, -0.2) is 41.6 Å². The average molecular weight is 394 g/mol. The van der Waals surface area contributed by atoms with Gasteiger partial charge in [-0.15, -0.1) is 0 Å². The van der Waals surface area contributed by atoms with Crippen LogP contribution in [0, 0.1) is 12.7 Å². The van der Waals surface area contributed by atoms with Crippen LogP contribution in [0.15, 0.2) is 35.6 Å². The molecule has 1 saturated heterocycles. The molecule has 1 aliphatic heterocycles. The van der Waals surface area contributed by atoms with Crippen molar-refractivity contribution in [3.8, 4) is 0 Å². The highest BCUT2D eigenvalue weighted by Crippen LogP contribution is 2.30. The number of rotatable bonds is 4. The van der Waals surface area contributed by atoms with Crippen LogP contribution in [0.5, 0.6) is 0 Å². The normalized spacial score (nSPS) is 14.2. The molecular formula is C21H23FN6O. The molecule has 2 aromatic heterocycles. The van der Waals surface area contributed by atoms with Crippen molar-refractivity contribution in [2.24, 2.45) is 4.99 Å². The summed E-state index contributed by atoms with van der Waals surface area (Å²) in [5.41, 5.74) is 9.97. The topological polar surface area (TPSA) is 88.0 Å². The van der Waals surface area contributed by atoms with Crippen molar-refractivity contribution in [3.63, 3.8) is 0 Å². The third-order valence-electron chi connectivity index (χ3n) is 5.10. The van der Waals surface area contributed by atoms with Crippen molar-refractivity contribution in [1.29, 1.82) is 0 Å². The molecule has 0 aliphatic carbocycles. The summed E-state index contributed by atoms with van der Waals surface area (Å²) < 4.78 is 15.9. The Morgan fingerprint density at radius 1 is 1.31 bits per heavy atom. The van der Waals surface area contributed by atoms with E-state index in [1.807, 2.05) is 6.07 Å². The molecule has 0 unspecified atom stereocenters. The zero-order valence-electron chi connectivity index (χ0n) is 16.4. The third-order valence-corrected chi connectivity index (χ3v) is 5.10. The number of benzene rings is 1. The molecular weight excluding hydrogens is 371 g/mol. The van der Waals surface area contributed by atoms with E-state index in [9.17, 15) is 9.18 Å². The summed E-state index contributed by atoms with van der Waals surface area (Å²) in [7, 11) is 1.67. The molecule has 3 heterocycles. The molecule has 150 valence electrons. The Kier molecular flexibility index (Phi) is 4.92. The number of hydrogen-bond donors (Lipinski definition) is 2. The van der Waals surface area contributed by atoms with E-state index in [2.05, 4.69) is 20.2 Å². The number of carbonyl (C=O) groups excluding carboxylic acids is 1. The van der Waals surface area contributed by atoms with Gasteiger partial charge in [-0.25, -0.2) is 9.37 Å². The van der Waals surface area contributed by atoms with Crippen molar-refractivity contribution in [2.75, 3.05) is 36.1 Å². The lowest BCUT2D eigenvalue weighted by atomic mass is 10.0. The largest absolute Gasteiger partial charge is 0.397 e. The molecule has 0 bridgehead atoms. The number of nitrogens with one attached hydrogen (secondary N) is 1. The van der Waals surface area contributed by atoms with E-state index in [1.165, 1.54) is 6.07 Å². The number of imidazole rings is 1. The Labute approximate surface area is 168 Å².